The lowest BCUT2D eigenvalue weighted by atomic mass is 9.81. The molecule has 3 N–H and O–H groups in total. The molecule has 0 aliphatic heterocycles. The van der Waals surface area contributed by atoms with Crippen molar-refractivity contribution in [1.82, 2.24) is 0 Å². The van der Waals surface area contributed by atoms with E-state index in [2.05, 4.69) is 4.89 Å². The molecule has 0 aliphatic carbocycles. The molecule has 0 bridgehead atoms. The number of hydrogen-bond donors (Lipinski definition) is 3. The molecular weight excluding hydrogens is 244 g/mol. The molecule has 116 valence electrons. The van der Waals surface area contributed by atoms with E-state index in [9.17, 15) is 15.5 Å². The summed E-state index contributed by atoms with van der Waals surface area (Å²) in [5.74, 6) is 0. The minimum atomic E-state index is -1.22. The summed E-state index contributed by atoms with van der Waals surface area (Å²) < 4.78 is 0. The number of aliphatic hydroxyl groups is 2. The Balaban J connectivity index is 4.83. The molecule has 0 saturated carbocycles. The van der Waals surface area contributed by atoms with Gasteiger partial charge < -0.3 is 10.2 Å². The highest BCUT2D eigenvalue weighted by molar-refractivity contribution is 4.94. The van der Waals surface area contributed by atoms with Crippen molar-refractivity contribution < 1.29 is 20.4 Å². The molecule has 4 nitrogen and oxygen atoms in total. The van der Waals surface area contributed by atoms with Gasteiger partial charge in [-0.2, -0.15) is 0 Å². The van der Waals surface area contributed by atoms with Gasteiger partial charge in [0, 0.05) is 0 Å². The fourth-order valence-electron chi connectivity index (χ4n) is 2.46. The van der Waals surface area contributed by atoms with Crippen LogP contribution in [0, 0.1) is 0 Å². The van der Waals surface area contributed by atoms with E-state index in [1.165, 1.54) is 0 Å². The zero-order valence-corrected chi connectivity index (χ0v) is 12.8. The highest BCUT2D eigenvalue weighted by Crippen LogP contribution is 2.32. The number of rotatable bonds is 12. The molecule has 0 rings (SSSR count). The molecule has 4 heteroatoms. The molecule has 0 aromatic rings. The van der Waals surface area contributed by atoms with Crippen molar-refractivity contribution in [2.24, 2.45) is 0 Å². The Hall–Kier alpha value is -0.160. The quantitative estimate of drug-likeness (QED) is 0.377. The third kappa shape index (κ3) is 5.78. The normalized spacial score (nSPS) is 18.0. The van der Waals surface area contributed by atoms with Crippen molar-refractivity contribution in [2.75, 3.05) is 0 Å². The van der Waals surface area contributed by atoms with Crippen LogP contribution in [0.25, 0.3) is 0 Å². The predicted octanol–water partition coefficient (Wildman–Crippen LogP) is 3.51. The van der Waals surface area contributed by atoms with Crippen molar-refractivity contribution in [3.63, 3.8) is 0 Å². The van der Waals surface area contributed by atoms with Gasteiger partial charge in [-0.1, -0.05) is 59.3 Å². The average molecular weight is 276 g/mol. The number of aliphatic hydroxyl groups excluding tert-OH is 2. The molecule has 2 unspecified atom stereocenters. The second-order valence-electron chi connectivity index (χ2n) is 5.47. The molecule has 0 radical (unpaired) electrons. The van der Waals surface area contributed by atoms with Crippen LogP contribution in [0.15, 0.2) is 0 Å². The Morgan fingerprint density at radius 3 is 1.58 bits per heavy atom. The van der Waals surface area contributed by atoms with Crippen molar-refractivity contribution >= 4 is 0 Å². The smallest absolute Gasteiger partial charge is 0.154 e. The zero-order valence-electron chi connectivity index (χ0n) is 12.8. The lowest BCUT2D eigenvalue weighted by molar-refractivity contribution is -0.369. The monoisotopic (exact) mass is 276 g/mol. The fourth-order valence-corrected chi connectivity index (χ4v) is 2.46. The van der Waals surface area contributed by atoms with Crippen LogP contribution >= 0.6 is 0 Å². The van der Waals surface area contributed by atoms with E-state index in [1.54, 1.807) is 0 Å². The zero-order chi connectivity index (χ0) is 14.7. The van der Waals surface area contributed by atoms with Crippen LogP contribution in [-0.2, 0) is 4.89 Å². The van der Waals surface area contributed by atoms with E-state index in [0.29, 0.717) is 19.3 Å². The third-order valence-electron chi connectivity index (χ3n) is 3.88. The van der Waals surface area contributed by atoms with E-state index in [1.807, 2.05) is 20.8 Å². The molecule has 0 heterocycles. The Bertz CT molecular complexity index is 194. The van der Waals surface area contributed by atoms with Gasteiger partial charge in [-0.3, -0.25) is 5.26 Å². The van der Waals surface area contributed by atoms with Crippen LogP contribution in [0.4, 0.5) is 0 Å². The Kier molecular flexibility index (Phi) is 10.5. The van der Waals surface area contributed by atoms with Crippen molar-refractivity contribution in [2.45, 2.75) is 96.4 Å². The van der Waals surface area contributed by atoms with Crippen LogP contribution in [0.2, 0.25) is 0 Å². The number of hydrogen-bond acceptors (Lipinski definition) is 4. The van der Waals surface area contributed by atoms with Crippen LogP contribution in [0.3, 0.4) is 0 Å². The van der Waals surface area contributed by atoms with Crippen molar-refractivity contribution in [3.05, 3.63) is 0 Å². The molecule has 0 amide bonds. The maximum Gasteiger partial charge on any atom is 0.154 e. The maximum atomic E-state index is 10.3. The molecule has 0 saturated heterocycles. The molecule has 0 aliphatic rings. The van der Waals surface area contributed by atoms with E-state index < -0.39 is 17.8 Å². The topological polar surface area (TPSA) is 69.9 Å². The molecular formula is C15H32O4. The van der Waals surface area contributed by atoms with Crippen LogP contribution in [0.1, 0.15) is 78.6 Å². The molecule has 19 heavy (non-hydrogen) atoms. The van der Waals surface area contributed by atoms with Gasteiger partial charge in [-0.15, -0.1) is 0 Å². The summed E-state index contributed by atoms with van der Waals surface area (Å²) in [5.41, 5.74) is -1.22. The fraction of sp³-hybridized carbons (Fsp3) is 1.00. The SMILES string of the molecule is CCCCC(O)C(CCCC)(OO)C(O)CCCC. The second kappa shape index (κ2) is 10.6. The van der Waals surface area contributed by atoms with E-state index in [0.717, 1.165) is 38.5 Å². The van der Waals surface area contributed by atoms with E-state index >= 15 is 0 Å². The summed E-state index contributed by atoms with van der Waals surface area (Å²) in [6.45, 7) is 6.14. The number of unbranched alkanes of at least 4 members (excludes halogenated alkanes) is 3. The summed E-state index contributed by atoms with van der Waals surface area (Å²) in [7, 11) is 0. The van der Waals surface area contributed by atoms with Crippen LogP contribution in [-0.4, -0.2) is 33.3 Å². The Morgan fingerprint density at radius 2 is 1.26 bits per heavy atom. The van der Waals surface area contributed by atoms with Gasteiger partial charge in [0.2, 0.25) is 0 Å². The van der Waals surface area contributed by atoms with Gasteiger partial charge in [0.15, 0.2) is 5.60 Å². The van der Waals surface area contributed by atoms with E-state index in [-0.39, 0.29) is 0 Å². The largest absolute Gasteiger partial charge is 0.390 e. The van der Waals surface area contributed by atoms with Gasteiger partial charge in [-0.25, -0.2) is 4.89 Å². The predicted molar refractivity (Wildman–Crippen MR) is 77.0 cm³/mol. The summed E-state index contributed by atoms with van der Waals surface area (Å²) in [6, 6.07) is 0. The Morgan fingerprint density at radius 1 is 0.842 bits per heavy atom. The maximum absolute atomic E-state index is 10.3. The second-order valence-corrected chi connectivity index (χ2v) is 5.47. The van der Waals surface area contributed by atoms with E-state index in [4.69, 9.17) is 0 Å². The summed E-state index contributed by atoms with van der Waals surface area (Å²) in [4.78, 5) is 4.66. The molecule has 2 atom stereocenters. The van der Waals surface area contributed by atoms with Gasteiger partial charge in [-0.05, 0) is 19.3 Å². The lowest BCUT2D eigenvalue weighted by Crippen LogP contribution is -2.54. The van der Waals surface area contributed by atoms with Gasteiger partial charge in [0.1, 0.15) is 0 Å². The summed E-state index contributed by atoms with van der Waals surface area (Å²) in [6.07, 6.45) is 5.33. The Labute approximate surface area is 117 Å². The standard InChI is InChI=1S/C15H32O4/c1-4-7-10-13(16)15(19-18,12-9-6-3)14(17)11-8-5-2/h13-14,16-18H,4-12H2,1-3H3. The molecule has 0 aromatic heterocycles. The van der Waals surface area contributed by atoms with Crippen molar-refractivity contribution in [1.29, 1.82) is 0 Å². The molecule has 0 aromatic carbocycles. The first-order valence-corrected chi connectivity index (χ1v) is 7.77. The average Bonchev–Trinajstić information content (AvgIpc) is 2.43. The third-order valence-corrected chi connectivity index (χ3v) is 3.88. The first kappa shape index (κ1) is 18.8. The van der Waals surface area contributed by atoms with Gasteiger partial charge >= 0.3 is 0 Å². The lowest BCUT2D eigenvalue weighted by Gasteiger charge is -2.39. The minimum absolute atomic E-state index is 0.482. The molecule has 0 spiro atoms. The summed E-state index contributed by atoms with van der Waals surface area (Å²) >= 11 is 0. The first-order valence-electron chi connectivity index (χ1n) is 7.77. The van der Waals surface area contributed by atoms with Crippen LogP contribution in [0.5, 0.6) is 0 Å². The minimum Gasteiger partial charge on any atom is -0.390 e. The highest BCUT2D eigenvalue weighted by atomic mass is 17.1. The highest BCUT2D eigenvalue weighted by Gasteiger charge is 2.45. The van der Waals surface area contributed by atoms with Crippen molar-refractivity contribution in [3.8, 4) is 0 Å². The summed E-state index contributed by atoms with van der Waals surface area (Å²) in [5, 5.41) is 30.0. The first-order chi connectivity index (χ1) is 9.08. The van der Waals surface area contributed by atoms with Gasteiger partial charge in [0.25, 0.3) is 0 Å². The van der Waals surface area contributed by atoms with Gasteiger partial charge in [0.05, 0.1) is 12.2 Å². The van der Waals surface area contributed by atoms with Crippen LogP contribution < -0.4 is 0 Å². The molecule has 0 fully saturated rings.